The highest BCUT2D eigenvalue weighted by molar-refractivity contribution is 5.78. The van der Waals surface area contributed by atoms with Gasteiger partial charge in [-0.15, -0.1) is 0 Å². The third kappa shape index (κ3) is 2.63. The van der Waals surface area contributed by atoms with Crippen LogP contribution < -0.4 is 5.73 Å². The summed E-state index contributed by atoms with van der Waals surface area (Å²) in [4.78, 5) is 10.8. The number of hydrogen-bond acceptors (Lipinski definition) is 2. The minimum atomic E-state index is -0.310. The summed E-state index contributed by atoms with van der Waals surface area (Å²) >= 11 is 0. The molecule has 0 saturated carbocycles. The van der Waals surface area contributed by atoms with E-state index in [2.05, 4.69) is 0 Å². The van der Waals surface area contributed by atoms with Crippen molar-refractivity contribution in [3.63, 3.8) is 0 Å². The number of nitrogens with two attached hydrogens (primary N) is 1. The molecule has 3 heteroatoms. The van der Waals surface area contributed by atoms with E-state index in [0.29, 0.717) is 12.0 Å². The Kier molecular flexibility index (Phi) is 3.14. The largest absolute Gasteiger partial charge is 0.326 e. The van der Waals surface area contributed by atoms with Crippen LogP contribution in [-0.2, 0) is 17.8 Å². The summed E-state index contributed by atoms with van der Waals surface area (Å²) in [6, 6.07) is 4.59. The maximum absolute atomic E-state index is 12.9. The first kappa shape index (κ1) is 9.86. The predicted octanol–water partition coefficient (Wildman–Crippen LogP) is 1.42. The van der Waals surface area contributed by atoms with Gasteiger partial charge in [-0.3, -0.25) is 4.79 Å². The highest BCUT2D eigenvalue weighted by Crippen LogP contribution is 2.10. The van der Waals surface area contributed by atoms with E-state index >= 15 is 0 Å². The number of Topliss-reactive ketones (excluding diaryl/α,β-unsaturated/α-hetero) is 1. The monoisotopic (exact) mass is 181 g/mol. The van der Waals surface area contributed by atoms with Crippen molar-refractivity contribution < 1.29 is 9.18 Å². The van der Waals surface area contributed by atoms with Crippen molar-refractivity contribution in [2.75, 3.05) is 0 Å². The summed E-state index contributed by atoms with van der Waals surface area (Å²) in [5.74, 6) is -0.246. The van der Waals surface area contributed by atoms with Gasteiger partial charge in [0.15, 0.2) is 0 Å². The van der Waals surface area contributed by atoms with Gasteiger partial charge in [0.05, 0.1) is 0 Å². The van der Waals surface area contributed by atoms with Crippen molar-refractivity contribution in [1.82, 2.24) is 0 Å². The van der Waals surface area contributed by atoms with Gasteiger partial charge in [-0.2, -0.15) is 0 Å². The topological polar surface area (TPSA) is 43.1 Å². The van der Waals surface area contributed by atoms with Gasteiger partial charge < -0.3 is 5.73 Å². The number of carbonyl (C=O) groups excluding carboxylic acids is 1. The van der Waals surface area contributed by atoms with Crippen LogP contribution in [0.5, 0.6) is 0 Å². The summed E-state index contributed by atoms with van der Waals surface area (Å²) in [6.45, 7) is 1.67. The molecule has 0 amide bonds. The first-order valence-corrected chi connectivity index (χ1v) is 4.10. The fourth-order valence-corrected chi connectivity index (χ4v) is 1.18. The van der Waals surface area contributed by atoms with Crippen LogP contribution in [-0.4, -0.2) is 5.78 Å². The first-order chi connectivity index (χ1) is 6.13. The standard InChI is InChI=1S/C10H12FNO/c1-7(13)4-8-2-3-10(11)9(5-8)6-12/h2-3,5H,4,6,12H2,1H3. The lowest BCUT2D eigenvalue weighted by Crippen LogP contribution is -2.03. The van der Waals surface area contributed by atoms with E-state index in [-0.39, 0.29) is 18.1 Å². The van der Waals surface area contributed by atoms with Crippen LogP contribution in [0.4, 0.5) is 4.39 Å². The van der Waals surface area contributed by atoms with Crippen LogP contribution in [0.1, 0.15) is 18.1 Å². The molecule has 13 heavy (non-hydrogen) atoms. The Morgan fingerprint density at radius 3 is 2.77 bits per heavy atom. The number of ketones is 1. The molecule has 0 spiro atoms. The van der Waals surface area contributed by atoms with Crippen molar-refractivity contribution in [3.8, 4) is 0 Å². The lowest BCUT2D eigenvalue weighted by molar-refractivity contribution is -0.116. The Morgan fingerprint density at radius 2 is 2.23 bits per heavy atom. The first-order valence-electron chi connectivity index (χ1n) is 4.10. The molecule has 0 bridgehead atoms. The number of carbonyl (C=O) groups is 1. The normalized spacial score (nSPS) is 10.1. The van der Waals surface area contributed by atoms with E-state index in [1.165, 1.54) is 13.0 Å². The number of rotatable bonds is 3. The van der Waals surface area contributed by atoms with Crippen molar-refractivity contribution >= 4 is 5.78 Å². The van der Waals surface area contributed by atoms with Gasteiger partial charge >= 0.3 is 0 Å². The molecule has 1 rings (SSSR count). The molecule has 0 radical (unpaired) electrons. The van der Waals surface area contributed by atoms with Crippen LogP contribution in [0.25, 0.3) is 0 Å². The second kappa shape index (κ2) is 4.14. The second-order valence-corrected chi connectivity index (χ2v) is 3.01. The average Bonchev–Trinajstić information content (AvgIpc) is 2.07. The summed E-state index contributed by atoms with van der Waals surface area (Å²) in [5, 5.41) is 0. The zero-order valence-electron chi connectivity index (χ0n) is 7.51. The molecular weight excluding hydrogens is 169 g/mol. The number of halogens is 1. The minimum Gasteiger partial charge on any atom is -0.326 e. The molecule has 2 nitrogen and oxygen atoms in total. The van der Waals surface area contributed by atoms with E-state index in [1.807, 2.05) is 0 Å². The average molecular weight is 181 g/mol. The fourth-order valence-electron chi connectivity index (χ4n) is 1.18. The molecular formula is C10H12FNO. The smallest absolute Gasteiger partial charge is 0.134 e. The van der Waals surface area contributed by atoms with Crippen molar-refractivity contribution in [2.24, 2.45) is 5.73 Å². The Morgan fingerprint density at radius 1 is 1.54 bits per heavy atom. The van der Waals surface area contributed by atoms with Crippen molar-refractivity contribution in [3.05, 3.63) is 35.1 Å². The molecule has 0 aliphatic carbocycles. The Balaban J connectivity index is 2.92. The van der Waals surface area contributed by atoms with E-state index in [1.54, 1.807) is 12.1 Å². The van der Waals surface area contributed by atoms with E-state index < -0.39 is 0 Å². The van der Waals surface area contributed by atoms with Gasteiger partial charge in [-0.1, -0.05) is 12.1 Å². The van der Waals surface area contributed by atoms with Crippen molar-refractivity contribution in [1.29, 1.82) is 0 Å². The van der Waals surface area contributed by atoms with Gasteiger partial charge in [0.1, 0.15) is 11.6 Å². The van der Waals surface area contributed by atoms with Crippen molar-refractivity contribution in [2.45, 2.75) is 19.9 Å². The minimum absolute atomic E-state index is 0.0644. The maximum atomic E-state index is 12.9. The summed E-state index contributed by atoms with van der Waals surface area (Å²) < 4.78 is 12.9. The molecule has 70 valence electrons. The summed E-state index contributed by atoms with van der Waals surface area (Å²) in [6.07, 6.45) is 0.341. The highest BCUT2D eigenvalue weighted by atomic mass is 19.1. The Hall–Kier alpha value is -1.22. The van der Waals surface area contributed by atoms with Crippen LogP contribution >= 0.6 is 0 Å². The fraction of sp³-hybridized carbons (Fsp3) is 0.300. The third-order valence-corrected chi connectivity index (χ3v) is 1.78. The van der Waals surface area contributed by atoms with E-state index in [0.717, 1.165) is 5.56 Å². The SMILES string of the molecule is CC(=O)Cc1ccc(F)c(CN)c1. The Bertz CT molecular complexity index is 323. The molecule has 0 aliphatic rings. The van der Waals surface area contributed by atoms with E-state index in [4.69, 9.17) is 5.73 Å². The maximum Gasteiger partial charge on any atom is 0.134 e. The lowest BCUT2D eigenvalue weighted by atomic mass is 10.1. The molecule has 0 atom stereocenters. The molecule has 0 unspecified atom stereocenters. The Labute approximate surface area is 76.6 Å². The van der Waals surface area contributed by atoms with Crippen LogP contribution in [0.15, 0.2) is 18.2 Å². The van der Waals surface area contributed by atoms with Gasteiger partial charge in [0.25, 0.3) is 0 Å². The number of hydrogen-bond donors (Lipinski definition) is 1. The molecule has 0 fully saturated rings. The second-order valence-electron chi connectivity index (χ2n) is 3.01. The summed E-state index contributed by atoms with van der Waals surface area (Å²) in [5.41, 5.74) is 6.60. The predicted molar refractivity (Wildman–Crippen MR) is 48.7 cm³/mol. The van der Waals surface area contributed by atoms with E-state index in [9.17, 15) is 9.18 Å². The summed E-state index contributed by atoms with van der Waals surface area (Å²) in [7, 11) is 0. The molecule has 0 heterocycles. The van der Waals surface area contributed by atoms with Crippen LogP contribution in [0.3, 0.4) is 0 Å². The van der Waals surface area contributed by atoms with Crippen LogP contribution in [0, 0.1) is 5.82 Å². The zero-order valence-corrected chi connectivity index (χ0v) is 7.51. The molecule has 1 aromatic rings. The van der Waals surface area contributed by atoms with Gasteiger partial charge in [-0.05, 0) is 18.6 Å². The third-order valence-electron chi connectivity index (χ3n) is 1.78. The van der Waals surface area contributed by atoms with Gasteiger partial charge in [-0.25, -0.2) is 4.39 Å². The highest BCUT2D eigenvalue weighted by Gasteiger charge is 2.03. The molecule has 2 N–H and O–H groups in total. The molecule has 1 aromatic carbocycles. The van der Waals surface area contributed by atoms with Gasteiger partial charge in [0.2, 0.25) is 0 Å². The van der Waals surface area contributed by atoms with Gasteiger partial charge in [0, 0.05) is 18.5 Å². The number of benzene rings is 1. The molecule has 0 aromatic heterocycles. The molecule has 0 saturated heterocycles. The van der Waals surface area contributed by atoms with Crippen LogP contribution in [0.2, 0.25) is 0 Å². The zero-order chi connectivity index (χ0) is 9.84. The quantitative estimate of drug-likeness (QED) is 0.766. The lowest BCUT2D eigenvalue weighted by Gasteiger charge is -2.02. The molecule has 0 aliphatic heterocycles.